The van der Waals surface area contributed by atoms with Crippen molar-refractivity contribution in [2.24, 2.45) is 5.92 Å². The molecule has 250 valence electrons. The quantitative estimate of drug-likeness (QED) is 0.277. The van der Waals surface area contributed by atoms with E-state index in [0.717, 1.165) is 49.2 Å². The number of benzene rings is 3. The van der Waals surface area contributed by atoms with Crippen molar-refractivity contribution < 1.29 is 24.2 Å². The van der Waals surface area contributed by atoms with Gasteiger partial charge in [0.05, 0.1) is 46.5 Å². The minimum absolute atomic E-state index is 0.0128. The van der Waals surface area contributed by atoms with Crippen molar-refractivity contribution in [2.45, 2.75) is 95.3 Å². The van der Waals surface area contributed by atoms with Gasteiger partial charge in [-0.3, -0.25) is 9.59 Å². The van der Waals surface area contributed by atoms with E-state index >= 15 is 0 Å². The summed E-state index contributed by atoms with van der Waals surface area (Å²) >= 11 is 0. The molecule has 2 fully saturated rings. The topological polar surface area (TPSA) is 79.3 Å². The molecule has 0 bridgehead atoms. The van der Waals surface area contributed by atoms with E-state index in [2.05, 4.69) is 62.5 Å². The lowest BCUT2D eigenvalue weighted by atomic mass is 9.93. The summed E-state index contributed by atoms with van der Waals surface area (Å²) in [6.07, 6.45) is 5.11. The SMILES string of the molecule is COc1ccc([Si](C)(C)[C@@H]2[C@@H](C)[C@@H](CCc3cccc(N4CCCCC4=O)c3)O[C@H]2CC(=O)N2Cc3ccccc3C[C@H]2CO)cc1. The van der Waals surface area contributed by atoms with E-state index in [0.29, 0.717) is 25.8 Å². The second kappa shape index (κ2) is 14.3. The Morgan fingerprint density at radius 2 is 1.77 bits per heavy atom. The summed E-state index contributed by atoms with van der Waals surface area (Å²) in [6, 6.07) is 24.9. The van der Waals surface area contributed by atoms with Crippen molar-refractivity contribution in [1.29, 1.82) is 0 Å². The number of amides is 2. The minimum atomic E-state index is -2.14. The van der Waals surface area contributed by atoms with Crippen molar-refractivity contribution in [3.05, 3.63) is 89.5 Å². The van der Waals surface area contributed by atoms with Crippen LogP contribution in [-0.4, -0.2) is 68.4 Å². The normalized spacial score (nSPS) is 24.7. The summed E-state index contributed by atoms with van der Waals surface area (Å²) in [5.41, 5.74) is 4.79. The van der Waals surface area contributed by atoms with E-state index in [1.807, 2.05) is 40.1 Å². The first-order valence-electron chi connectivity index (χ1n) is 17.4. The first kappa shape index (κ1) is 33.4. The summed E-state index contributed by atoms with van der Waals surface area (Å²) < 4.78 is 12.4. The van der Waals surface area contributed by atoms with Crippen molar-refractivity contribution >= 4 is 30.8 Å². The van der Waals surface area contributed by atoms with Gasteiger partial charge in [0.1, 0.15) is 5.75 Å². The molecule has 8 heteroatoms. The van der Waals surface area contributed by atoms with E-state index < -0.39 is 8.07 Å². The Morgan fingerprint density at radius 1 is 1.00 bits per heavy atom. The first-order valence-corrected chi connectivity index (χ1v) is 20.4. The van der Waals surface area contributed by atoms with Crippen LogP contribution in [-0.2, 0) is 33.7 Å². The molecule has 3 aliphatic rings. The van der Waals surface area contributed by atoms with Crippen LogP contribution in [0.2, 0.25) is 18.6 Å². The number of fused-ring (bicyclic) bond motifs is 1. The van der Waals surface area contributed by atoms with Gasteiger partial charge < -0.3 is 24.4 Å². The summed E-state index contributed by atoms with van der Waals surface area (Å²) in [6.45, 7) is 8.38. The molecule has 0 spiro atoms. The summed E-state index contributed by atoms with van der Waals surface area (Å²) in [5.74, 6) is 1.37. The third-order valence-electron chi connectivity index (χ3n) is 11.1. The number of rotatable bonds is 10. The molecule has 3 aromatic rings. The zero-order valence-corrected chi connectivity index (χ0v) is 29.4. The molecule has 3 aliphatic heterocycles. The second-order valence-electron chi connectivity index (χ2n) is 14.3. The number of piperidine rings is 1. The maximum atomic E-state index is 14.1. The highest BCUT2D eigenvalue weighted by molar-refractivity contribution is 6.91. The van der Waals surface area contributed by atoms with Crippen LogP contribution < -0.4 is 14.8 Å². The van der Waals surface area contributed by atoms with Gasteiger partial charge in [0, 0.05) is 25.2 Å². The molecule has 7 nitrogen and oxygen atoms in total. The lowest BCUT2D eigenvalue weighted by Gasteiger charge is -2.39. The molecular weight excluding hydrogens is 605 g/mol. The lowest BCUT2D eigenvalue weighted by molar-refractivity contribution is -0.138. The largest absolute Gasteiger partial charge is 0.497 e. The molecule has 0 saturated carbocycles. The smallest absolute Gasteiger partial charge is 0.226 e. The van der Waals surface area contributed by atoms with Crippen LogP contribution in [0.3, 0.4) is 0 Å². The predicted molar refractivity (Wildman–Crippen MR) is 189 cm³/mol. The fourth-order valence-corrected chi connectivity index (χ4v) is 12.5. The highest BCUT2D eigenvalue weighted by atomic mass is 28.3. The molecule has 0 aromatic heterocycles. The van der Waals surface area contributed by atoms with Gasteiger partial charge in [-0.1, -0.05) is 73.7 Å². The third-order valence-corrected chi connectivity index (χ3v) is 15.5. The summed E-state index contributed by atoms with van der Waals surface area (Å²) in [7, 11) is -0.452. The number of carbonyl (C=O) groups is 2. The molecule has 2 saturated heterocycles. The van der Waals surface area contributed by atoms with Gasteiger partial charge in [-0.25, -0.2) is 0 Å². The van der Waals surface area contributed by atoms with Crippen molar-refractivity contribution in [1.82, 2.24) is 4.90 Å². The monoisotopic (exact) mass is 654 g/mol. The number of aryl methyl sites for hydroxylation is 1. The number of carbonyl (C=O) groups excluding carboxylic acids is 2. The first-order chi connectivity index (χ1) is 22.7. The number of hydrogen-bond acceptors (Lipinski definition) is 5. The molecule has 3 heterocycles. The van der Waals surface area contributed by atoms with Crippen LogP contribution in [0, 0.1) is 5.92 Å². The van der Waals surface area contributed by atoms with Gasteiger partial charge in [-0.05, 0) is 84.5 Å². The van der Waals surface area contributed by atoms with Crippen LogP contribution in [0.15, 0.2) is 72.8 Å². The number of ether oxygens (including phenoxy) is 2. The Bertz CT molecular complexity index is 1560. The number of hydrogen-bond donors (Lipinski definition) is 1. The van der Waals surface area contributed by atoms with Gasteiger partial charge in [-0.2, -0.15) is 0 Å². The molecule has 0 aliphatic carbocycles. The number of aliphatic hydroxyl groups is 1. The van der Waals surface area contributed by atoms with Gasteiger partial charge in [-0.15, -0.1) is 0 Å². The Kier molecular flexibility index (Phi) is 10.2. The van der Waals surface area contributed by atoms with E-state index in [4.69, 9.17) is 9.47 Å². The summed E-state index contributed by atoms with van der Waals surface area (Å²) in [5, 5.41) is 11.6. The van der Waals surface area contributed by atoms with Gasteiger partial charge in [0.2, 0.25) is 11.8 Å². The maximum absolute atomic E-state index is 14.1. The molecule has 0 unspecified atom stereocenters. The van der Waals surface area contributed by atoms with Gasteiger partial charge in [0.25, 0.3) is 0 Å². The average Bonchev–Trinajstić information content (AvgIpc) is 3.41. The lowest BCUT2D eigenvalue weighted by Crippen LogP contribution is -2.52. The van der Waals surface area contributed by atoms with E-state index in [1.54, 1.807) is 7.11 Å². The van der Waals surface area contributed by atoms with Crippen molar-refractivity contribution in [2.75, 3.05) is 25.2 Å². The standard InChI is InChI=1S/C39H50N2O5Si/c1-27-35(20-15-28-10-9-13-31(22-28)40-21-8-7-14-37(40)43)46-36(39(27)47(3,4)34-18-16-33(45-2)17-19-34)24-38(44)41-25-30-12-6-5-11-29(30)23-32(41)26-42/h5-6,9-13,16-19,22,27,32,35-36,39,42H,7-8,14-15,20-21,23-26H2,1-4H3/t27-,32-,35+,36-,39+/m0/s1. The highest BCUT2D eigenvalue weighted by Crippen LogP contribution is 2.47. The molecule has 2 amide bonds. The van der Waals surface area contributed by atoms with Crippen LogP contribution in [0.25, 0.3) is 0 Å². The zero-order valence-electron chi connectivity index (χ0n) is 28.4. The average molecular weight is 655 g/mol. The molecule has 1 N–H and O–H groups in total. The second-order valence-corrected chi connectivity index (χ2v) is 19.0. The Hall–Kier alpha value is -3.46. The molecule has 5 atom stereocenters. The predicted octanol–water partition coefficient (Wildman–Crippen LogP) is 5.87. The number of anilines is 1. The molecule has 3 aromatic carbocycles. The molecule has 47 heavy (non-hydrogen) atoms. The van der Waals surface area contributed by atoms with Crippen molar-refractivity contribution in [3.8, 4) is 5.75 Å². The minimum Gasteiger partial charge on any atom is -0.497 e. The number of aliphatic hydroxyl groups excluding tert-OH is 1. The van der Waals surface area contributed by atoms with E-state index in [9.17, 15) is 14.7 Å². The number of nitrogens with zero attached hydrogens (tertiary/aromatic N) is 2. The molecule has 0 radical (unpaired) electrons. The van der Waals surface area contributed by atoms with Gasteiger partial charge >= 0.3 is 0 Å². The van der Waals surface area contributed by atoms with Crippen LogP contribution in [0.1, 0.15) is 55.7 Å². The Labute approximate surface area is 280 Å². The third kappa shape index (κ3) is 7.06. The van der Waals surface area contributed by atoms with Crippen molar-refractivity contribution in [3.63, 3.8) is 0 Å². The molecule has 6 rings (SSSR count). The maximum Gasteiger partial charge on any atom is 0.226 e. The fourth-order valence-electron chi connectivity index (χ4n) is 8.44. The fraction of sp³-hybridized carbons (Fsp3) is 0.487. The van der Waals surface area contributed by atoms with Crippen LogP contribution in [0.4, 0.5) is 5.69 Å². The summed E-state index contributed by atoms with van der Waals surface area (Å²) in [4.78, 5) is 30.5. The Balaban J connectivity index is 1.23. The van der Waals surface area contributed by atoms with E-state index in [-0.39, 0.29) is 48.1 Å². The van der Waals surface area contributed by atoms with Crippen LogP contribution >= 0.6 is 0 Å². The number of methoxy groups -OCH3 is 1. The molecular formula is C39H50N2O5Si. The Morgan fingerprint density at radius 3 is 2.49 bits per heavy atom. The zero-order chi connectivity index (χ0) is 33.1. The van der Waals surface area contributed by atoms with Crippen LogP contribution in [0.5, 0.6) is 5.75 Å². The van der Waals surface area contributed by atoms with E-state index in [1.165, 1.54) is 16.3 Å². The van der Waals surface area contributed by atoms with Gasteiger partial charge in [0.15, 0.2) is 0 Å². The highest BCUT2D eigenvalue weighted by Gasteiger charge is 2.51.